The van der Waals surface area contributed by atoms with Gasteiger partial charge in [-0.25, -0.2) is 0 Å². The molecule has 1 saturated carbocycles. The molecule has 0 spiro atoms. The first-order chi connectivity index (χ1) is 14.0. The van der Waals surface area contributed by atoms with Gasteiger partial charge in [0.25, 0.3) is 11.8 Å². The van der Waals surface area contributed by atoms with Crippen LogP contribution in [-0.2, 0) is 16.1 Å². The lowest BCUT2D eigenvalue weighted by Crippen LogP contribution is -2.54. The Bertz CT molecular complexity index is 914. The van der Waals surface area contributed by atoms with Crippen molar-refractivity contribution in [2.24, 2.45) is 11.8 Å². The van der Waals surface area contributed by atoms with Gasteiger partial charge in [0.05, 0.1) is 11.1 Å². The van der Waals surface area contributed by atoms with E-state index in [0.717, 1.165) is 29.5 Å². The topological polar surface area (TPSA) is 108 Å². The van der Waals surface area contributed by atoms with Gasteiger partial charge < -0.3 is 10.6 Å². The van der Waals surface area contributed by atoms with E-state index in [4.69, 9.17) is 0 Å². The molecule has 8 nitrogen and oxygen atoms in total. The molecule has 5 rings (SSSR count). The number of hydrogen-bond acceptors (Lipinski definition) is 6. The number of fused-ring (bicyclic) bond motifs is 3. The zero-order valence-corrected chi connectivity index (χ0v) is 16.1. The normalized spacial score (nSPS) is 30.8. The minimum atomic E-state index is -0.923. The zero-order valence-electron chi connectivity index (χ0n) is 16.1. The number of carbonyl (C=O) groups excluding carboxylic acids is 4. The Morgan fingerprint density at radius 2 is 1.90 bits per heavy atom. The third-order valence-electron chi connectivity index (χ3n) is 6.75. The Hall–Kier alpha value is -2.58. The Kier molecular flexibility index (Phi) is 4.48. The molecule has 3 aliphatic heterocycles. The average molecular weight is 396 g/mol. The van der Waals surface area contributed by atoms with Gasteiger partial charge >= 0.3 is 0 Å². The summed E-state index contributed by atoms with van der Waals surface area (Å²) in [4.78, 5) is 50.1. The minimum Gasteiger partial charge on any atom is -0.314 e. The van der Waals surface area contributed by atoms with E-state index in [1.54, 1.807) is 12.1 Å². The number of benzene rings is 1. The first-order valence-electron chi connectivity index (χ1n) is 10.3. The molecular formula is C21H24N4O4. The summed E-state index contributed by atoms with van der Waals surface area (Å²) in [6.45, 7) is 2.70. The van der Waals surface area contributed by atoms with Gasteiger partial charge in [-0.05, 0) is 61.9 Å². The molecule has 2 bridgehead atoms. The maximum Gasteiger partial charge on any atom is 0.262 e. The second-order valence-electron chi connectivity index (χ2n) is 8.55. The Morgan fingerprint density at radius 1 is 1.07 bits per heavy atom. The van der Waals surface area contributed by atoms with Gasteiger partial charge in [0, 0.05) is 19.0 Å². The van der Waals surface area contributed by atoms with E-state index >= 15 is 0 Å². The van der Waals surface area contributed by atoms with Crippen molar-refractivity contribution in [3.05, 3.63) is 34.9 Å². The molecule has 0 aromatic heterocycles. The van der Waals surface area contributed by atoms with Crippen LogP contribution in [0.25, 0.3) is 0 Å². The van der Waals surface area contributed by atoms with Crippen molar-refractivity contribution >= 4 is 23.6 Å². The Morgan fingerprint density at radius 3 is 2.62 bits per heavy atom. The highest BCUT2D eigenvalue weighted by atomic mass is 16.2. The summed E-state index contributed by atoms with van der Waals surface area (Å²) in [5.41, 5.74) is 1.60. The SMILES string of the molecule is O=C1CCC(N2C(=O)c3ccc(CNC[C@@H]4C[C@@H]5C[C@H]4CN5)cc3C2=O)C(=O)N1. The maximum atomic E-state index is 12.9. The largest absolute Gasteiger partial charge is 0.314 e. The molecule has 1 unspecified atom stereocenters. The van der Waals surface area contributed by atoms with E-state index in [2.05, 4.69) is 16.0 Å². The molecule has 4 amide bonds. The van der Waals surface area contributed by atoms with Gasteiger partial charge in [-0.3, -0.25) is 29.4 Å². The monoisotopic (exact) mass is 396 g/mol. The fourth-order valence-electron chi connectivity index (χ4n) is 5.23. The summed E-state index contributed by atoms with van der Waals surface area (Å²) in [6.07, 6.45) is 2.79. The van der Waals surface area contributed by atoms with Crippen molar-refractivity contribution in [1.29, 1.82) is 0 Å². The fraction of sp³-hybridized carbons (Fsp3) is 0.524. The van der Waals surface area contributed by atoms with Gasteiger partial charge in [-0.1, -0.05) is 6.07 Å². The summed E-state index contributed by atoms with van der Waals surface area (Å²) in [5.74, 6) is -0.426. The molecule has 1 aliphatic carbocycles. The third kappa shape index (κ3) is 3.16. The summed E-state index contributed by atoms with van der Waals surface area (Å²) in [6, 6.07) is 5.02. The Labute approximate surface area is 168 Å². The van der Waals surface area contributed by atoms with Crippen molar-refractivity contribution < 1.29 is 19.2 Å². The molecule has 29 heavy (non-hydrogen) atoms. The molecule has 152 valence electrons. The number of hydrogen-bond donors (Lipinski definition) is 3. The average Bonchev–Trinajstić information content (AvgIpc) is 3.38. The molecule has 3 N–H and O–H groups in total. The van der Waals surface area contributed by atoms with Crippen LogP contribution in [0.3, 0.4) is 0 Å². The van der Waals surface area contributed by atoms with Gasteiger partial charge in [-0.15, -0.1) is 0 Å². The molecule has 2 saturated heterocycles. The van der Waals surface area contributed by atoms with Gasteiger partial charge in [-0.2, -0.15) is 0 Å². The van der Waals surface area contributed by atoms with Crippen LogP contribution < -0.4 is 16.0 Å². The molecule has 3 fully saturated rings. The highest BCUT2D eigenvalue weighted by molar-refractivity contribution is 6.23. The predicted octanol–water partition coefficient (Wildman–Crippen LogP) is 0.175. The first kappa shape index (κ1) is 18.4. The second kappa shape index (κ2) is 7.03. The summed E-state index contributed by atoms with van der Waals surface area (Å²) in [5, 5.41) is 9.23. The van der Waals surface area contributed by atoms with E-state index in [-0.39, 0.29) is 18.7 Å². The number of piperidine rings is 2. The smallest absolute Gasteiger partial charge is 0.262 e. The van der Waals surface area contributed by atoms with E-state index < -0.39 is 23.8 Å². The Balaban J connectivity index is 1.25. The molecule has 4 atom stereocenters. The summed E-state index contributed by atoms with van der Waals surface area (Å²) in [7, 11) is 0. The van der Waals surface area contributed by atoms with Crippen molar-refractivity contribution in [2.45, 2.75) is 44.3 Å². The van der Waals surface area contributed by atoms with Crippen LogP contribution >= 0.6 is 0 Å². The van der Waals surface area contributed by atoms with Crippen molar-refractivity contribution in [3.63, 3.8) is 0 Å². The van der Waals surface area contributed by atoms with Crippen LogP contribution in [0.1, 0.15) is 52.0 Å². The molecule has 1 aromatic carbocycles. The van der Waals surface area contributed by atoms with Crippen LogP contribution in [0.5, 0.6) is 0 Å². The first-order valence-corrected chi connectivity index (χ1v) is 10.3. The van der Waals surface area contributed by atoms with Crippen molar-refractivity contribution in [2.75, 3.05) is 13.1 Å². The van der Waals surface area contributed by atoms with Crippen LogP contribution in [0, 0.1) is 11.8 Å². The number of carbonyl (C=O) groups is 4. The van der Waals surface area contributed by atoms with E-state index in [1.165, 1.54) is 12.8 Å². The number of amides is 4. The lowest BCUT2D eigenvalue weighted by atomic mass is 9.95. The minimum absolute atomic E-state index is 0.123. The van der Waals surface area contributed by atoms with Crippen LogP contribution in [-0.4, -0.2) is 53.7 Å². The molecule has 0 radical (unpaired) electrons. The standard InChI is InChI=1S/C21H24N4O4/c26-18-4-3-17(19(27)24-18)25-20(28)15-2-1-11(5-16(15)21(25)29)8-22-9-12-6-14-7-13(12)10-23-14/h1-2,5,12-14,17,22-23H,3-4,6-10H2,(H,24,26,27)/t12-,13-,14+,17?/m0/s1. The molecular weight excluding hydrogens is 372 g/mol. The molecule has 4 aliphatic rings. The lowest BCUT2D eigenvalue weighted by Gasteiger charge is -2.27. The summed E-state index contributed by atoms with van der Waals surface area (Å²) >= 11 is 0. The van der Waals surface area contributed by atoms with Gasteiger partial charge in [0.15, 0.2) is 0 Å². The van der Waals surface area contributed by atoms with E-state index in [1.807, 2.05) is 6.07 Å². The van der Waals surface area contributed by atoms with Crippen LogP contribution in [0.4, 0.5) is 0 Å². The van der Waals surface area contributed by atoms with Gasteiger partial charge in [0.2, 0.25) is 11.8 Å². The number of nitrogens with one attached hydrogen (secondary N) is 3. The third-order valence-corrected chi connectivity index (χ3v) is 6.75. The maximum absolute atomic E-state index is 12.9. The van der Waals surface area contributed by atoms with Crippen LogP contribution in [0.2, 0.25) is 0 Å². The van der Waals surface area contributed by atoms with E-state index in [9.17, 15) is 19.2 Å². The highest BCUT2D eigenvalue weighted by Gasteiger charge is 2.44. The number of nitrogens with zero attached hydrogens (tertiary/aromatic N) is 1. The second-order valence-corrected chi connectivity index (χ2v) is 8.55. The van der Waals surface area contributed by atoms with Crippen LogP contribution in [0.15, 0.2) is 18.2 Å². The highest BCUT2D eigenvalue weighted by Crippen LogP contribution is 2.36. The summed E-state index contributed by atoms with van der Waals surface area (Å²) < 4.78 is 0. The quantitative estimate of drug-likeness (QED) is 0.613. The van der Waals surface area contributed by atoms with Crippen molar-refractivity contribution in [1.82, 2.24) is 20.9 Å². The van der Waals surface area contributed by atoms with E-state index in [0.29, 0.717) is 29.6 Å². The molecule has 1 aromatic rings. The lowest BCUT2D eigenvalue weighted by molar-refractivity contribution is -0.136. The fourth-order valence-corrected chi connectivity index (χ4v) is 5.23. The number of imide groups is 2. The zero-order chi connectivity index (χ0) is 20.1. The molecule has 8 heteroatoms. The van der Waals surface area contributed by atoms with Gasteiger partial charge in [0.1, 0.15) is 6.04 Å². The predicted molar refractivity (Wildman–Crippen MR) is 103 cm³/mol. The van der Waals surface area contributed by atoms with Crippen molar-refractivity contribution in [3.8, 4) is 0 Å². The number of rotatable bonds is 5. The molecule has 3 heterocycles.